The lowest BCUT2D eigenvalue weighted by atomic mass is 10.2. The second-order valence-corrected chi connectivity index (χ2v) is 8.14. The fourth-order valence-corrected chi connectivity index (χ4v) is 4.16. The summed E-state index contributed by atoms with van der Waals surface area (Å²) in [4.78, 5) is 25.9. The van der Waals surface area contributed by atoms with Gasteiger partial charge in [0.25, 0.3) is 5.91 Å². The molecule has 0 saturated carbocycles. The van der Waals surface area contributed by atoms with Crippen LogP contribution in [-0.4, -0.2) is 25.9 Å². The van der Waals surface area contributed by atoms with Gasteiger partial charge in [-0.1, -0.05) is 17.7 Å². The second kappa shape index (κ2) is 7.63. The first-order valence-corrected chi connectivity index (χ1v) is 9.73. The van der Waals surface area contributed by atoms with Crippen molar-refractivity contribution in [1.29, 1.82) is 0 Å². The van der Waals surface area contributed by atoms with Gasteiger partial charge in [0, 0.05) is 18.8 Å². The Morgan fingerprint density at radius 1 is 1.15 bits per heavy atom. The van der Waals surface area contributed by atoms with Crippen LogP contribution in [0.3, 0.4) is 0 Å². The Balaban J connectivity index is 1.86. The number of amides is 1. The Bertz CT molecular complexity index is 1060. The first-order valence-electron chi connectivity index (χ1n) is 8.19. The number of H-pyrrole nitrogens is 1. The van der Waals surface area contributed by atoms with Crippen molar-refractivity contribution < 1.29 is 17.6 Å². The van der Waals surface area contributed by atoms with Crippen molar-refractivity contribution in [3.63, 3.8) is 0 Å². The normalized spacial score (nSPS) is 12.5. The van der Waals surface area contributed by atoms with Crippen molar-refractivity contribution >= 4 is 15.7 Å². The monoisotopic (exact) mass is 386 g/mol. The molecule has 8 heteroatoms. The molecule has 2 N–H and O–H groups in total. The number of aromatic amines is 1. The number of nitrogens with one attached hydrogen (secondary N) is 2. The Morgan fingerprint density at radius 2 is 1.89 bits per heavy atom. The van der Waals surface area contributed by atoms with Gasteiger partial charge in [-0.3, -0.25) is 9.59 Å². The molecule has 1 unspecified atom stereocenters. The second-order valence-electron chi connectivity index (χ2n) is 6.01. The molecule has 0 fully saturated rings. The van der Waals surface area contributed by atoms with Gasteiger partial charge < -0.3 is 14.7 Å². The Hall–Kier alpha value is -3.13. The van der Waals surface area contributed by atoms with Crippen LogP contribution in [0.5, 0.6) is 0 Å². The Morgan fingerprint density at radius 3 is 2.48 bits per heavy atom. The van der Waals surface area contributed by atoms with Crippen LogP contribution in [0.25, 0.3) is 0 Å². The average Bonchev–Trinajstić information content (AvgIpc) is 3.16. The largest absolute Gasteiger partial charge is 0.468 e. The Kier molecular flexibility index (Phi) is 5.27. The van der Waals surface area contributed by atoms with E-state index >= 15 is 0 Å². The summed E-state index contributed by atoms with van der Waals surface area (Å²) in [6.45, 7) is 1.69. The molecule has 1 amide bonds. The maximum Gasteiger partial charge on any atom is 0.252 e. The highest BCUT2D eigenvalue weighted by Crippen LogP contribution is 2.29. The number of hydrogen-bond acceptors (Lipinski definition) is 5. The number of carbonyl (C=O) groups excluding carboxylic acids is 1. The maximum atomic E-state index is 13.1. The first-order chi connectivity index (χ1) is 12.9. The molecule has 0 bridgehead atoms. The molecule has 0 radical (unpaired) electrons. The van der Waals surface area contributed by atoms with Gasteiger partial charge in [-0.2, -0.15) is 0 Å². The van der Waals surface area contributed by atoms with Crippen molar-refractivity contribution in [3.05, 3.63) is 88.2 Å². The summed E-state index contributed by atoms with van der Waals surface area (Å²) in [6, 6.07) is 12.2. The number of pyridine rings is 1. The predicted molar refractivity (Wildman–Crippen MR) is 99.2 cm³/mol. The molecule has 140 valence electrons. The maximum absolute atomic E-state index is 13.1. The van der Waals surface area contributed by atoms with Crippen molar-refractivity contribution in [2.45, 2.75) is 17.1 Å². The Labute approximate surface area is 156 Å². The highest BCUT2D eigenvalue weighted by molar-refractivity contribution is 7.91. The van der Waals surface area contributed by atoms with Crippen LogP contribution < -0.4 is 10.9 Å². The van der Waals surface area contributed by atoms with Crippen LogP contribution in [0, 0.1) is 6.92 Å². The smallest absolute Gasteiger partial charge is 0.252 e. The minimum Gasteiger partial charge on any atom is -0.468 e. The van der Waals surface area contributed by atoms with Gasteiger partial charge in [0.15, 0.2) is 9.84 Å². The quantitative estimate of drug-likeness (QED) is 0.675. The predicted octanol–water partition coefficient (Wildman–Crippen LogP) is 2.22. The number of hydrogen-bond donors (Lipinski definition) is 2. The van der Waals surface area contributed by atoms with E-state index in [0.717, 1.165) is 5.56 Å². The van der Waals surface area contributed by atoms with Crippen LogP contribution in [0.15, 0.2) is 75.1 Å². The van der Waals surface area contributed by atoms with Gasteiger partial charge in [0.05, 0.1) is 16.7 Å². The number of furan rings is 1. The summed E-state index contributed by atoms with van der Waals surface area (Å²) in [7, 11) is -3.79. The number of carbonyl (C=O) groups is 1. The molecule has 27 heavy (non-hydrogen) atoms. The lowest BCUT2D eigenvalue weighted by Gasteiger charge is -2.17. The van der Waals surface area contributed by atoms with E-state index in [-0.39, 0.29) is 28.3 Å². The summed E-state index contributed by atoms with van der Waals surface area (Å²) >= 11 is 0. The minimum absolute atomic E-state index is 0.146. The summed E-state index contributed by atoms with van der Waals surface area (Å²) < 4.78 is 31.5. The third kappa shape index (κ3) is 4.17. The molecular weight excluding hydrogens is 368 g/mol. The van der Waals surface area contributed by atoms with E-state index in [1.54, 1.807) is 24.3 Å². The highest BCUT2D eigenvalue weighted by atomic mass is 32.2. The van der Waals surface area contributed by atoms with Crippen LogP contribution in [-0.2, 0) is 9.84 Å². The summed E-state index contributed by atoms with van der Waals surface area (Å²) in [5.74, 6) is -0.265. The molecule has 3 rings (SSSR count). The van der Waals surface area contributed by atoms with Gasteiger partial charge in [0.2, 0.25) is 5.56 Å². The molecular formula is C19H18N2O5S. The third-order valence-electron chi connectivity index (χ3n) is 4.08. The van der Waals surface area contributed by atoms with Crippen molar-refractivity contribution in [1.82, 2.24) is 10.3 Å². The van der Waals surface area contributed by atoms with Gasteiger partial charge >= 0.3 is 0 Å². The third-order valence-corrected chi connectivity index (χ3v) is 6.16. The number of rotatable bonds is 6. The van der Waals surface area contributed by atoms with Gasteiger partial charge in [-0.05, 0) is 37.3 Å². The topological polar surface area (TPSA) is 109 Å². The molecule has 1 aromatic carbocycles. The van der Waals surface area contributed by atoms with Crippen molar-refractivity contribution in [2.75, 3.05) is 6.54 Å². The number of benzene rings is 1. The summed E-state index contributed by atoms with van der Waals surface area (Å²) in [5.41, 5.74) is 0.831. The molecule has 7 nitrogen and oxygen atoms in total. The first kappa shape index (κ1) is 18.7. The molecule has 0 saturated heterocycles. The zero-order chi connectivity index (χ0) is 19.4. The molecule has 3 aromatic rings. The van der Waals surface area contributed by atoms with E-state index in [9.17, 15) is 18.0 Å². The van der Waals surface area contributed by atoms with E-state index in [1.807, 2.05) is 6.92 Å². The lowest BCUT2D eigenvalue weighted by Crippen LogP contribution is -2.32. The zero-order valence-electron chi connectivity index (χ0n) is 14.5. The molecule has 0 aliphatic rings. The SMILES string of the molecule is Cc1ccc(S(=O)(=O)C(CNC(=O)c2ccc(=O)[nH]c2)c2ccco2)cc1. The highest BCUT2D eigenvalue weighted by Gasteiger charge is 2.31. The molecule has 1 atom stereocenters. The van der Waals surface area contributed by atoms with Gasteiger partial charge in [-0.25, -0.2) is 8.42 Å². The van der Waals surface area contributed by atoms with Crippen molar-refractivity contribution in [2.24, 2.45) is 0 Å². The molecule has 0 spiro atoms. The van der Waals surface area contributed by atoms with Gasteiger partial charge in [-0.15, -0.1) is 0 Å². The van der Waals surface area contributed by atoms with Crippen LogP contribution >= 0.6 is 0 Å². The van der Waals surface area contributed by atoms with E-state index in [1.165, 1.54) is 36.7 Å². The number of aromatic nitrogens is 1. The van der Waals surface area contributed by atoms with E-state index < -0.39 is 21.0 Å². The molecule has 2 aromatic heterocycles. The number of aryl methyl sites for hydroxylation is 1. The lowest BCUT2D eigenvalue weighted by molar-refractivity contribution is 0.0953. The van der Waals surface area contributed by atoms with Gasteiger partial charge in [0.1, 0.15) is 11.0 Å². The van der Waals surface area contributed by atoms with E-state index in [2.05, 4.69) is 10.3 Å². The standard InChI is InChI=1S/C19H18N2O5S/c1-13-4-7-15(8-5-13)27(24,25)17(16-3-2-10-26-16)12-21-19(23)14-6-9-18(22)20-11-14/h2-11,17H,12H2,1H3,(H,20,22)(H,21,23). The average molecular weight is 386 g/mol. The van der Waals surface area contributed by atoms with Crippen LogP contribution in [0.1, 0.15) is 26.9 Å². The molecule has 0 aliphatic heterocycles. The molecule has 2 heterocycles. The molecule has 0 aliphatic carbocycles. The summed E-state index contributed by atoms with van der Waals surface area (Å²) in [5, 5.41) is 1.51. The fraction of sp³-hybridized carbons (Fsp3) is 0.158. The fourth-order valence-electron chi connectivity index (χ4n) is 2.57. The van der Waals surface area contributed by atoms with E-state index in [0.29, 0.717) is 0 Å². The summed E-state index contributed by atoms with van der Waals surface area (Å²) in [6.07, 6.45) is 2.66. The zero-order valence-corrected chi connectivity index (χ0v) is 15.3. The number of sulfone groups is 1. The van der Waals surface area contributed by atoms with Crippen molar-refractivity contribution in [3.8, 4) is 0 Å². The minimum atomic E-state index is -3.79. The van der Waals surface area contributed by atoms with E-state index in [4.69, 9.17) is 4.42 Å². The van der Waals surface area contributed by atoms with Crippen LogP contribution in [0.4, 0.5) is 0 Å². The van der Waals surface area contributed by atoms with Crippen LogP contribution in [0.2, 0.25) is 0 Å².